The molecule has 120 valence electrons. The number of imidazole rings is 1. The minimum atomic E-state index is 0.365. The first kappa shape index (κ1) is 14.3. The first-order chi connectivity index (χ1) is 11.2. The van der Waals surface area contributed by atoms with Gasteiger partial charge in [0.05, 0.1) is 37.1 Å². The van der Waals surface area contributed by atoms with Crippen molar-refractivity contribution in [2.75, 3.05) is 0 Å². The number of rotatable bonds is 5. The van der Waals surface area contributed by atoms with Crippen LogP contribution in [0, 0.1) is 0 Å². The van der Waals surface area contributed by atoms with E-state index >= 15 is 0 Å². The summed E-state index contributed by atoms with van der Waals surface area (Å²) in [5.41, 5.74) is 3.84. The van der Waals surface area contributed by atoms with E-state index in [-0.39, 0.29) is 0 Å². The lowest BCUT2D eigenvalue weighted by Crippen LogP contribution is -2.18. The summed E-state index contributed by atoms with van der Waals surface area (Å²) in [5.74, 6) is 1.01. The van der Waals surface area contributed by atoms with Crippen molar-refractivity contribution in [2.45, 2.75) is 46.1 Å². The second kappa shape index (κ2) is 5.70. The van der Waals surface area contributed by atoms with Gasteiger partial charge in [-0.3, -0.25) is 9.58 Å². The number of aromatic nitrogens is 4. The third-order valence-corrected chi connectivity index (χ3v) is 4.30. The Hall–Kier alpha value is -2.34. The summed E-state index contributed by atoms with van der Waals surface area (Å²) >= 11 is 0. The van der Waals surface area contributed by atoms with Crippen LogP contribution in [-0.4, -0.2) is 24.2 Å². The maximum Gasteiger partial charge on any atom is 0.117 e. The van der Waals surface area contributed by atoms with Crippen LogP contribution in [0.5, 0.6) is 0 Å². The fourth-order valence-electron chi connectivity index (χ4n) is 3.24. The Balaban J connectivity index is 1.60. The van der Waals surface area contributed by atoms with Crippen LogP contribution in [0.1, 0.15) is 42.6 Å². The molecule has 1 aliphatic rings. The van der Waals surface area contributed by atoms with Gasteiger partial charge in [0.2, 0.25) is 0 Å². The highest BCUT2D eigenvalue weighted by atomic mass is 16.3. The molecular formula is C17H21N5O. The summed E-state index contributed by atoms with van der Waals surface area (Å²) in [6.45, 7) is 7.83. The van der Waals surface area contributed by atoms with Gasteiger partial charge in [-0.25, -0.2) is 4.98 Å². The number of fused-ring (bicyclic) bond motifs is 1. The lowest BCUT2D eigenvalue weighted by atomic mass is 10.2. The normalized spacial score (nSPS) is 14.7. The molecule has 0 spiro atoms. The van der Waals surface area contributed by atoms with E-state index in [9.17, 15) is 0 Å². The Morgan fingerprint density at radius 3 is 2.87 bits per heavy atom. The van der Waals surface area contributed by atoms with Gasteiger partial charge in [0.25, 0.3) is 0 Å². The van der Waals surface area contributed by atoms with Crippen molar-refractivity contribution in [1.82, 2.24) is 24.2 Å². The first-order valence-electron chi connectivity index (χ1n) is 8.00. The van der Waals surface area contributed by atoms with E-state index < -0.39 is 0 Å². The average molecular weight is 311 g/mol. The van der Waals surface area contributed by atoms with Gasteiger partial charge in [-0.05, 0) is 26.0 Å². The van der Waals surface area contributed by atoms with Crippen molar-refractivity contribution in [3.8, 4) is 0 Å². The van der Waals surface area contributed by atoms with Crippen molar-refractivity contribution in [3.63, 3.8) is 0 Å². The topological polar surface area (TPSA) is 52.0 Å². The number of nitrogens with zero attached hydrogens (tertiary/aromatic N) is 5. The van der Waals surface area contributed by atoms with Gasteiger partial charge < -0.3 is 8.98 Å². The van der Waals surface area contributed by atoms with E-state index in [0.29, 0.717) is 6.04 Å². The van der Waals surface area contributed by atoms with Gasteiger partial charge in [0.15, 0.2) is 0 Å². The van der Waals surface area contributed by atoms with Crippen LogP contribution in [0.25, 0.3) is 0 Å². The van der Waals surface area contributed by atoms with E-state index in [1.54, 1.807) is 6.26 Å². The molecule has 1 aliphatic heterocycles. The molecule has 6 nitrogen and oxygen atoms in total. The molecule has 23 heavy (non-hydrogen) atoms. The molecule has 3 aromatic rings. The highest BCUT2D eigenvalue weighted by Crippen LogP contribution is 2.29. The monoisotopic (exact) mass is 311 g/mol. The Morgan fingerprint density at radius 2 is 2.17 bits per heavy atom. The Kier molecular flexibility index (Phi) is 3.53. The predicted octanol–water partition coefficient (Wildman–Crippen LogP) is 2.82. The highest BCUT2D eigenvalue weighted by Gasteiger charge is 2.28. The molecular weight excluding hydrogens is 290 g/mol. The predicted molar refractivity (Wildman–Crippen MR) is 85.6 cm³/mol. The zero-order valence-corrected chi connectivity index (χ0v) is 13.5. The van der Waals surface area contributed by atoms with E-state index in [1.807, 2.05) is 30.9 Å². The molecule has 0 radical (unpaired) electrons. The van der Waals surface area contributed by atoms with Gasteiger partial charge in [0, 0.05) is 37.1 Å². The van der Waals surface area contributed by atoms with Crippen LogP contribution in [0.15, 0.2) is 41.5 Å². The van der Waals surface area contributed by atoms with Gasteiger partial charge in [-0.15, -0.1) is 0 Å². The van der Waals surface area contributed by atoms with Crippen LogP contribution >= 0.6 is 0 Å². The average Bonchev–Trinajstić information content (AvgIpc) is 3.26. The molecule has 0 bridgehead atoms. The van der Waals surface area contributed by atoms with Gasteiger partial charge in [-0.1, -0.05) is 0 Å². The summed E-state index contributed by atoms with van der Waals surface area (Å²) in [6.07, 6.45) is 7.37. The summed E-state index contributed by atoms with van der Waals surface area (Å²) in [6, 6.07) is 4.34. The summed E-state index contributed by atoms with van der Waals surface area (Å²) in [5, 5.41) is 4.86. The molecule has 0 atom stereocenters. The minimum absolute atomic E-state index is 0.365. The molecule has 4 rings (SSSR count). The van der Waals surface area contributed by atoms with Crippen LogP contribution in [0.4, 0.5) is 0 Å². The van der Waals surface area contributed by atoms with Crippen molar-refractivity contribution in [1.29, 1.82) is 0 Å². The summed E-state index contributed by atoms with van der Waals surface area (Å²) in [7, 11) is 0. The molecule has 0 aliphatic carbocycles. The second-order valence-corrected chi connectivity index (χ2v) is 6.37. The maximum atomic E-state index is 5.49. The lowest BCUT2D eigenvalue weighted by Gasteiger charge is -2.15. The molecule has 0 saturated carbocycles. The van der Waals surface area contributed by atoms with Crippen molar-refractivity contribution in [2.24, 2.45) is 0 Å². The quantitative estimate of drug-likeness (QED) is 0.727. The highest BCUT2D eigenvalue weighted by molar-refractivity contribution is 5.31. The molecule has 0 aromatic carbocycles. The fraction of sp³-hybridized carbons (Fsp3) is 0.412. The lowest BCUT2D eigenvalue weighted by molar-refractivity contribution is 0.242. The van der Waals surface area contributed by atoms with Crippen LogP contribution in [0.2, 0.25) is 0 Å². The van der Waals surface area contributed by atoms with Crippen molar-refractivity contribution < 1.29 is 4.42 Å². The Morgan fingerprint density at radius 1 is 1.26 bits per heavy atom. The zero-order chi connectivity index (χ0) is 15.8. The SMILES string of the molecule is CC(C)n1nc(Cn2ccnc2)c2c1CN(Cc1ccco1)C2. The summed E-state index contributed by atoms with van der Waals surface area (Å²) in [4.78, 5) is 6.53. The molecule has 4 heterocycles. The maximum absolute atomic E-state index is 5.49. The van der Waals surface area contributed by atoms with E-state index in [0.717, 1.165) is 37.6 Å². The minimum Gasteiger partial charge on any atom is -0.468 e. The number of furan rings is 1. The van der Waals surface area contributed by atoms with E-state index in [4.69, 9.17) is 9.52 Å². The number of hydrogen-bond acceptors (Lipinski definition) is 4. The number of hydrogen-bond donors (Lipinski definition) is 0. The van der Waals surface area contributed by atoms with Gasteiger partial charge >= 0.3 is 0 Å². The van der Waals surface area contributed by atoms with Crippen LogP contribution < -0.4 is 0 Å². The van der Waals surface area contributed by atoms with Crippen LogP contribution in [0.3, 0.4) is 0 Å². The third-order valence-electron chi connectivity index (χ3n) is 4.30. The molecule has 0 fully saturated rings. The molecule has 0 unspecified atom stereocenters. The second-order valence-electron chi connectivity index (χ2n) is 6.37. The van der Waals surface area contributed by atoms with E-state index in [2.05, 4.69) is 33.0 Å². The fourth-order valence-corrected chi connectivity index (χ4v) is 3.24. The molecule has 0 amide bonds. The zero-order valence-electron chi connectivity index (χ0n) is 13.5. The van der Waals surface area contributed by atoms with Gasteiger partial charge in [-0.2, -0.15) is 5.10 Å². The summed E-state index contributed by atoms with van der Waals surface area (Å²) < 4.78 is 9.73. The standard InChI is InChI=1S/C17H21N5O/c1-13(2)22-17-11-21(8-14-4-3-7-23-14)9-15(17)16(19-22)10-20-6-5-18-12-20/h3-7,12-13H,8-11H2,1-2H3. The Bertz CT molecular complexity index is 770. The molecule has 3 aromatic heterocycles. The third kappa shape index (κ3) is 2.70. The smallest absolute Gasteiger partial charge is 0.117 e. The van der Waals surface area contributed by atoms with Crippen molar-refractivity contribution in [3.05, 3.63) is 59.8 Å². The van der Waals surface area contributed by atoms with Gasteiger partial charge in [0.1, 0.15) is 5.76 Å². The molecule has 0 N–H and O–H groups in total. The van der Waals surface area contributed by atoms with E-state index in [1.165, 1.54) is 11.3 Å². The largest absolute Gasteiger partial charge is 0.468 e. The van der Waals surface area contributed by atoms with Crippen LogP contribution in [-0.2, 0) is 26.2 Å². The molecule has 0 saturated heterocycles. The molecule has 6 heteroatoms. The van der Waals surface area contributed by atoms with Crippen molar-refractivity contribution >= 4 is 0 Å². The first-order valence-corrected chi connectivity index (χ1v) is 8.00. The Labute approximate surface area is 135 Å².